The van der Waals surface area contributed by atoms with Gasteiger partial charge in [-0.1, -0.05) is 6.92 Å². The van der Waals surface area contributed by atoms with E-state index in [1.165, 1.54) is 0 Å². The van der Waals surface area contributed by atoms with Crippen molar-refractivity contribution in [3.63, 3.8) is 0 Å². The second-order valence-electron chi connectivity index (χ2n) is 3.49. The maximum atomic E-state index is 12.9. The van der Waals surface area contributed by atoms with Crippen LogP contribution in [-0.2, 0) is 0 Å². The van der Waals surface area contributed by atoms with E-state index in [4.69, 9.17) is 5.11 Å². The molecule has 0 aromatic carbocycles. The topological polar surface area (TPSA) is 20.2 Å². The summed E-state index contributed by atoms with van der Waals surface area (Å²) < 4.78 is 25.8. The molecule has 0 heterocycles. The highest BCUT2D eigenvalue weighted by molar-refractivity contribution is 4.83. The molecule has 0 amide bonds. The molecule has 3 heteroatoms. The van der Waals surface area contributed by atoms with Crippen molar-refractivity contribution < 1.29 is 13.9 Å². The van der Waals surface area contributed by atoms with Crippen LogP contribution < -0.4 is 0 Å². The highest BCUT2D eigenvalue weighted by Gasteiger charge is 2.41. The quantitative estimate of drug-likeness (QED) is 0.628. The smallest absolute Gasteiger partial charge is 0.251 e. The summed E-state index contributed by atoms with van der Waals surface area (Å²) in [5, 5.41) is 8.68. The fourth-order valence-electron chi connectivity index (χ4n) is 1.54. The van der Waals surface area contributed by atoms with E-state index >= 15 is 0 Å². The largest absolute Gasteiger partial charge is 0.396 e. The van der Waals surface area contributed by atoms with Crippen LogP contribution in [0.15, 0.2) is 0 Å². The molecule has 2 atom stereocenters. The second kappa shape index (κ2) is 3.05. The molecule has 0 aromatic rings. The van der Waals surface area contributed by atoms with Gasteiger partial charge < -0.3 is 5.11 Å². The number of alkyl halides is 2. The van der Waals surface area contributed by atoms with E-state index in [2.05, 4.69) is 0 Å². The van der Waals surface area contributed by atoms with Gasteiger partial charge in [-0.2, -0.15) is 0 Å². The van der Waals surface area contributed by atoms with Gasteiger partial charge in [0.1, 0.15) is 0 Å². The van der Waals surface area contributed by atoms with Gasteiger partial charge in [-0.05, 0) is 18.8 Å². The average molecular weight is 164 g/mol. The third kappa shape index (κ3) is 1.89. The van der Waals surface area contributed by atoms with Crippen molar-refractivity contribution >= 4 is 0 Å². The molecule has 0 spiro atoms. The van der Waals surface area contributed by atoms with Gasteiger partial charge in [0, 0.05) is 18.9 Å². The minimum atomic E-state index is -2.55. The molecule has 1 nitrogen and oxygen atoms in total. The zero-order valence-corrected chi connectivity index (χ0v) is 6.69. The summed E-state index contributed by atoms with van der Waals surface area (Å²) >= 11 is 0. The second-order valence-corrected chi connectivity index (χ2v) is 3.49. The van der Waals surface area contributed by atoms with Crippen molar-refractivity contribution in [1.82, 2.24) is 0 Å². The first-order valence-corrected chi connectivity index (χ1v) is 4.05. The van der Waals surface area contributed by atoms with Crippen LogP contribution in [0.1, 0.15) is 26.2 Å². The molecule has 11 heavy (non-hydrogen) atoms. The van der Waals surface area contributed by atoms with Crippen molar-refractivity contribution in [3.05, 3.63) is 0 Å². The minimum Gasteiger partial charge on any atom is -0.396 e. The summed E-state index contributed by atoms with van der Waals surface area (Å²) in [4.78, 5) is 0. The van der Waals surface area contributed by atoms with E-state index in [9.17, 15) is 8.78 Å². The van der Waals surface area contributed by atoms with Gasteiger partial charge in [-0.15, -0.1) is 0 Å². The lowest BCUT2D eigenvalue weighted by molar-refractivity contribution is -0.101. The van der Waals surface area contributed by atoms with Crippen LogP contribution in [0.3, 0.4) is 0 Å². The van der Waals surface area contributed by atoms with Crippen LogP contribution >= 0.6 is 0 Å². The number of hydrogen-bond donors (Lipinski definition) is 1. The molecule has 1 aliphatic rings. The van der Waals surface area contributed by atoms with Crippen molar-refractivity contribution in [1.29, 1.82) is 0 Å². The van der Waals surface area contributed by atoms with Crippen LogP contribution in [0, 0.1) is 11.8 Å². The van der Waals surface area contributed by atoms with E-state index in [-0.39, 0.29) is 18.9 Å². The van der Waals surface area contributed by atoms with Crippen molar-refractivity contribution in [2.45, 2.75) is 32.1 Å². The van der Waals surface area contributed by atoms with Gasteiger partial charge in [0.2, 0.25) is 0 Å². The Bertz CT molecular complexity index is 136. The monoisotopic (exact) mass is 164 g/mol. The Morgan fingerprint density at radius 3 is 2.55 bits per heavy atom. The minimum absolute atomic E-state index is 0.0949. The van der Waals surface area contributed by atoms with E-state index < -0.39 is 11.8 Å². The molecular weight excluding hydrogens is 150 g/mol. The zero-order chi connectivity index (χ0) is 8.48. The third-order valence-electron chi connectivity index (χ3n) is 2.55. The predicted molar refractivity (Wildman–Crippen MR) is 38.5 cm³/mol. The molecule has 0 aromatic heterocycles. The molecule has 1 rings (SSSR count). The van der Waals surface area contributed by atoms with Crippen molar-refractivity contribution in [2.24, 2.45) is 11.8 Å². The highest BCUT2D eigenvalue weighted by Crippen LogP contribution is 2.40. The molecule has 1 fully saturated rings. The Labute approximate surface area is 65.4 Å². The molecule has 1 N–H and O–H groups in total. The van der Waals surface area contributed by atoms with Gasteiger partial charge in [0.25, 0.3) is 5.92 Å². The third-order valence-corrected chi connectivity index (χ3v) is 2.55. The molecular formula is C8H14F2O. The summed E-state index contributed by atoms with van der Waals surface area (Å²) in [7, 11) is 0. The van der Waals surface area contributed by atoms with E-state index in [1.807, 2.05) is 0 Å². The van der Waals surface area contributed by atoms with Crippen LogP contribution in [-0.4, -0.2) is 17.6 Å². The molecule has 1 aliphatic carbocycles. The Kier molecular flexibility index (Phi) is 2.47. The normalized spacial score (nSPS) is 37.1. The van der Waals surface area contributed by atoms with E-state index in [1.54, 1.807) is 6.92 Å². The van der Waals surface area contributed by atoms with Crippen molar-refractivity contribution in [3.8, 4) is 0 Å². The highest BCUT2D eigenvalue weighted by atomic mass is 19.3. The molecule has 0 radical (unpaired) electrons. The molecule has 1 saturated carbocycles. The van der Waals surface area contributed by atoms with Gasteiger partial charge in [-0.25, -0.2) is 8.78 Å². The van der Waals surface area contributed by atoms with Crippen LogP contribution in [0.2, 0.25) is 0 Å². The first-order valence-electron chi connectivity index (χ1n) is 4.05. The van der Waals surface area contributed by atoms with Crippen LogP contribution in [0.5, 0.6) is 0 Å². The molecule has 1 unspecified atom stereocenters. The Balaban J connectivity index is 2.52. The predicted octanol–water partition coefficient (Wildman–Crippen LogP) is 2.05. The number of rotatable bonds is 1. The molecule has 0 saturated heterocycles. The van der Waals surface area contributed by atoms with Crippen LogP contribution in [0.25, 0.3) is 0 Å². The Morgan fingerprint density at radius 2 is 2.09 bits per heavy atom. The molecule has 66 valence electrons. The fourth-order valence-corrected chi connectivity index (χ4v) is 1.54. The molecule has 0 bridgehead atoms. The fraction of sp³-hybridized carbons (Fsp3) is 1.00. The summed E-state index contributed by atoms with van der Waals surface area (Å²) in [6, 6.07) is 0. The van der Waals surface area contributed by atoms with Gasteiger partial charge in [0.05, 0.1) is 0 Å². The maximum absolute atomic E-state index is 12.9. The standard InChI is InChI=1S/C8H14F2O/c1-6-2-3-7(5-11)4-8(6,9)10/h6-7,11H,2-5H2,1H3/t6-,7?/m0/s1. The first-order chi connectivity index (χ1) is 5.06. The number of aliphatic hydroxyl groups is 1. The summed E-state index contributed by atoms with van der Waals surface area (Å²) in [5.41, 5.74) is 0. The van der Waals surface area contributed by atoms with Crippen molar-refractivity contribution in [2.75, 3.05) is 6.61 Å². The lowest BCUT2D eigenvalue weighted by Crippen LogP contribution is -2.35. The Hall–Kier alpha value is -0.180. The maximum Gasteiger partial charge on any atom is 0.251 e. The van der Waals surface area contributed by atoms with Gasteiger partial charge >= 0.3 is 0 Å². The van der Waals surface area contributed by atoms with E-state index in [0.717, 1.165) is 6.42 Å². The summed E-state index contributed by atoms with van der Waals surface area (Å²) in [6.45, 7) is 1.48. The van der Waals surface area contributed by atoms with Crippen LogP contribution in [0.4, 0.5) is 8.78 Å². The average Bonchev–Trinajstić information content (AvgIpc) is 1.95. The Morgan fingerprint density at radius 1 is 1.45 bits per heavy atom. The molecule has 0 aliphatic heterocycles. The van der Waals surface area contributed by atoms with E-state index in [0.29, 0.717) is 6.42 Å². The van der Waals surface area contributed by atoms with Gasteiger partial charge in [-0.3, -0.25) is 0 Å². The lowest BCUT2D eigenvalue weighted by atomic mass is 9.80. The summed E-state index contributed by atoms with van der Waals surface area (Å²) in [5.74, 6) is -3.24. The first kappa shape index (κ1) is 8.91. The van der Waals surface area contributed by atoms with Gasteiger partial charge in [0.15, 0.2) is 0 Å². The zero-order valence-electron chi connectivity index (χ0n) is 6.69. The summed E-state index contributed by atoms with van der Waals surface area (Å²) in [6.07, 6.45) is 1.15. The lowest BCUT2D eigenvalue weighted by Gasteiger charge is -2.33. The number of aliphatic hydroxyl groups excluding tert-OH is 1. The number of hydrogen-bond acceptors (Lipinski definition) is 1. The SMILES string of the molecule is C[C@H]1CCC(CO)CC1(F)F. The number of halogens is 2.